The molecule has 4 nitrogen and oxygen atoms in total. The van der Waals surface area contributed by atoms with Gasteiger partial charge in [0.1, 0.15) is 11.9 Å². The summed E-state index contributed by atoms with van der Waals surface area (Å²) < 4.78 is 9.62. The van der Waals surface area contributed by atoms with E-state index in [2.05, 4.69) is 11.3 Å². The summed E-state index contributed by atoms with van der Waals surface area (Å²) in [5.41, 5.74) is -0.0807. The Morgan fingerprint density at radius 2 is 2.40 bits per heavy atom. The Morgan fingerprint density at radius 3 is 2.87 bits per heavy atom. The molecule has 0 saturated heterocycles. The first kappa shape index (κ1) is 11.8. The van der Waals surface area contributed by atoms with Crippen LogP contribution in [0.3, 0.4) is 0 Å². The van der Waals surface area contributed by atoms with E-state index in [-0.39, 0.29) is 23.2 Å². The fourth-order valence-electron chi connectivity index (χ4n) is 0.982. The number of aliphatic hydroxyl groups excluding tert-OH is 1. The molecule has 5 heteroatoms. The standard InChI is InChI=1S/C10H11ClO4/c1-3-14-10(13)6(2)9(12)7-4-5-8(11)15-7/h4-5,9,12H,2-3H2,1H3. The molecular weight excluding hydrogens is 220 g/mol. The number of aliphatic hydroxyl groups is 1. The van der Waals surface area contributed by atoms with Crippen molar-refractivity contribution in [2.75, 3.05) is 6.61 Å². The molecule has 1 rings (SSSR count). The van der Waals surface area contributed by atoms with Gasteiger partial charge in [0.2, 0.25) is 0 Å². The van der Waals surface area contributed by atoms with E-state index in [9.17, 15) is 9.90 Å². The SMILES string of the molecule is C=C(C(=O)OCC)C(O)c1ccc(Cl)o1. The zero-order chi connectivity index (χ0) is 11.4. The van der Waals surface area contributed by atoms with E-state index >= 15 is 0 Å². The van der Waals surface area contributed by atoms with Crippen LogP contribution in [-0.2, 0) is 9.53 Å². The normalized spacial score (nSPS) is 12.2. The second-order valence-corrected chi connectivity index (χ2v) is 3.16. The Balaban J connectivity index is 2.72. The van der Waals surface area contributed by atoms with Crippen LogP contribution in [0.5, 0.6) is 0 Å². The van der Waals surface area contributed by atoms with Crippen molar-refractivity contribution in [1.82, 2.24) is 0 Å². The lowest BCUT2D eigenvalue weighted by Crippen LogP contribution is -2.13. The van der Waals surface area contributed by atoms with Gasteiger partial charge in [0.25, 0.3) is 0 Å². The highest BCUT2D eigenvalue weighted by Gasteiger charge is 2.22. The summed E-state index contributed by atoms with van der Waals surface area (Å²) in [7, 11) is 0. The highest BCUT2D eigenvalue weighted by atomic mass is 35.5. The molecule has 15 heavy (non-hydrogen) atoms. The Kier molecular flexibility index (Phi) is 3.94. The van der Waals surface area contributed by atoms with Crippen LogP contribution >= 0.6 is 11.6 Å². The fourth-order valence-corrected chi connectivity index (χ4v) is 1.13. The molecule has 0 aliphatic heterocycles. The lowest BCUT2D eigenvalue weighted by Gasteiger charge is -2.09. The molecule has 0 aliphatic rings. The van der Waals surface area contributed by atoms with Gasteiger partial charge in [-0.3, -0.25) is 0 Å². The third-order valence-electron chi connectivity index (χ3n) is 1.73. The first-order valence-electron chi connectivity index (χ1n) is 4.35. The first-order chi connectivity index (χ1) is 7.06. The molecule has 0 spiro atoms. The molecule has 0 amide bonds. The number of hydrogen-bond acceptors (Lipinski definition) is 4. The minimum Gasteiger partial charge on any atom is -0.463 e. The predicted molar refractivity (Wildman–Crippen MR) is 54.5 cm³/mol. The Hall–Kier alpha value is -1.26. The molecule has 1 aromatic heterocycles. The van der Waals surface area contributed by atoms with Crippen molar-refractivity contribution < 1.29 is 19.1 Å². The topological polar surface area (TPSA) is 59.7 Å². The van der Waals surface area contributed by atoms with E-state index in [1.165, 1.54) is 12.1 Å². The fraction of sp³-hybridized carbons (Fsp3) is 0.300. The smallest absolute Gasteiger partial charge is 0.336 e. The summed E-state index contributed by atoms with van der Waals surface area (Å²) in [5, 5.41) is 9.79. The number of carbonyl (C=O) groups excluding carboxylic acids is 1. The molecule has 0 aliphatic carbocycles. The Morgan fingerprint density at radius 1 is 1.73 bits per heavy atom. The van der Waals surface area contributed by atoms with Crippen LogP contribution in [0.2, 0.25) is 5.22 Å². The summed E-state index contributed by atoms with van der Waals surface area (Å²) in [6, 6.07) is 2.94. The summed E-state index contributed by atoms with van der Waals surface area (Å²) >= 11 is 5.53. The monoisotopic (exact) mass is 230 g/mol. The van der Waals surface area contributed by atoms with Gasteiger partial charge < -0.3 is 14.3 Å². The lowest BCUT2D eigenvalue weighted by molar-refractivity contribution is -0.139. The van der Waals surface area contributed by atoms with Gasteiger partial charge in [0.05, 0.1) is 12.2 Å². The van der Waals surface area contributed by atoms with Crippen LogP contribution in [0.4, 0.5) is 0 Å². The average molecular weight is 231 g/mol. The van der Waals surface area contributed by atoms with Gasteiger partial charge in [0.15, 0.2) is 5.22 Å². The van der Waals surface area contributed by atoms with Gasteiger partial charge >= 0.3 is 5.97 Å². The second kappa shape index (κ2) is 5.00. The van der Waals surface area contributed by atoms with Gasteiger partial charge in [-0.2, -0.15) is 0 Å². The lowest BCUT2D eigenvalue weighted by atomic mass is 10.1. The van der Waals surface area contributed by atoms with Crippen molar-refractivity contribution in [1.29, 1.82) is 0 Å². The summed E-state index contributed by atoms with van der Waals surface area (Å²) in [6.07, 6.45) is -1.23. The molecule has 1 atom stereocenters. The molecule has 1 N–H and O–H groups in total. The number of hydrogen-bond donors (Lipinski definition) is 1. The highest BCUT2D eigenvalue weighted by molar-refractivity contribution is 6.28. The Labute approximate surface area is 92.1 Å². The van der Waals surface area contributed by atoms with E-state index in [4.69, 9.17) is 16.0 Å². The van der Waals surface area contributed by atoms with Gasteiger partial charge in [-0.15, -0.1) is 0 Å². The highest BCUT2D eigenvalue weighted by Crippen LogP contribution is 2.25. The largest absolute Gasteiger partial charge is 0.463 e. The number of rotatable bonds is 4. The maximum atomic E-state index is 11.2. The minimum absolute atomic E-state index is 0.0807. The van der Waals surface area contributed by atoms with E-state index in [1.54, 1.807) is 6.92 Å². The first-order valence-corrected chi connectivity index (χ1v) is 4.73. The van der Waals surface area contributed by atoms with Crippen molar-refractivity contribution in [3.05, 3.63) is 35.3 Å². The second-order valence-electron chi connectivity index (χ2n) is 2.79. The zero-order valence-corrected chi connectivity index (χ0v) is 8.95. The zero-order valence-electron chi connectivity index (χ0n) is 8.20. The molecule has 0 radical (unpaired) electrons. The number of carbonyl (C=O) groups is 1. The summed E-state index contributed by atoms with van der Waals surface area (Å²) in [4.78, 5) is 11.2. The summed E-state index contributed by atoms with van der Waals surface area (Å²) in [6.45, 7) is 5.32. The molecule has 1 unspecified atom stereocenters. The van der Waals surface area contributed by atoms with Crippen molar-refractivity contribution in [2.45, 2.75) is 13.0 Å². The van der Waals surface area contributed by atoms with E-state index in [1.807, 2.05) is 0 Å². The van der Waals surface area contributed by atoms with Crippen molar-refractivity contribution >= 4 is 17.6 Å². The third kappa shape index (κ3) is 2.84. The predicted octanol–water partition coefficient (Wildman–Crippen LogP) is 2.09. The molecule has 0 fully saturated rings. The molecule has 1 aromatic rings. The van der Waals surface area contributed by atoms with E-state index < -0.39 is 12.1 Å². The van der Waals surface area contributed by atoms with Crippen molar-refractivity contribution in [2.24, 2.45) is 0 Å². The molecule has 0 bridgehead atoms. The van der Waals surface area contributed by atoms with E-state index in [0.717, 1.165) is 0 Å². The summed E-state index contributed by atoms with van der Waals surface area (Å²) in [5.74, 6) is -0.490. The van der Waals surface area contributed by atoms with Crippen LogP contribution in [0.1, 0.15) is 18.8 Å². The van der Waals surface area contributed by atoms with Gasteiger partial charge in [-0.1, -0.05) is 6.58 Å². The van der Waals surface area contributed by atoms with Gasteiger partial charge in [-0.05, 0) is 30.7 Å². The quantitative estimate of drug-likeness (QED) is 0.636. The molecule has 0 aromatic carbocycles. The number of halogens is 1. The number of esters is 1. The average Bonchev–Trinajstić information content (AvgIpc) is 2.63. The van der Waals surface area contributed by atoms with Gasteiger partial charge in [-0.25, -0.2) is 4.79 Å². The van der Waals surface area contributed by atoms with Crippen molar-refractivity contribution in [3.63, 3.8) is 0 Å². The van der Waals surface area contributed by atoms with Crippen LogP contribution < -0.4 is 0 Å². The molecular formula is C10H11ClO4. The number of ether oxygens (including phenoxy) is 1. The minimum atomic E-state index is -1.23. The van der Waals surface area contributed by atoms with Crippen LogP contribution in [0, 0.1) is 0 Å². The Bertz CT molecular complexity index is 369. The van der Waals surface area contributed by atoms with Crippen LogP contribution in [-0.4, -0.2) is 17.7 Å². The van der Waals surface area contributed by atoms with Crippen molar-refractivity contribution in [3.8, 4) is 0 Å². The maximum absolute atomic E-state index is 11.2. The third-order valence-corrected chi connectivity index (χ3v) is 1.93. The number of furan rings is 1. The molecule has 1 heterocycles. The van der Waals surface area contributed by atoms with Crippen LogP contribution in [0.15, 0.2) is 28.7 Å². The van der Waals surface area contributed by atoms with Crippen LogP contribution in [0.25, 0.3) is 0 Å². The van der Waals surface area contributed by atoms with Gasteiger partial charge in [0, 0.05) is 0 Å². The maximum Gasteiger partial charge on any atom is 0.336 e. The molecule has 0 saturated carbocycles. The van der Waals surface area contributed by atoms with E-state index in [0.29, 0.717) is 0 Å². The molecule has 82 valence electrons.